The van der Waals surface area contributed by atoms with E-state index in [1.54, 1.807) is 25.1 Å². The second-order valence-electron chi connectivity index (χ2n) is 8.81. The number of benzene rings is 3. The molecule has 0 radical (unpaired) electrons. The summed E-state index contributed by atoms with van der Waals surface area (Å²) in [5.74, 6) is 0.293. The lowest BCUT2D eigenvalue weighted by molar-refractivity contribution is 0.0981. The maximum Gasteiger partial charge on any atom is 0.264 e. The lowest BCUT2D eigenvalue weighted by atomic mass is 10.0. The minimum absolute atomic E-state index is 0.299. The van der Waals surface area contributed by atoms with Gasteiger partial charge in [0.1, 0.15) is 5.82 Å². The molecule has 0 saturated heterocycles. The Balaban J connectivity index is 1.62. The smallest absolute Gasteiger partial charge is 0.264 e. The monoisotopic (exact) mass is 489 g/mol. The zero-order chi connectivity index (χ0) is 25.0. The minimum Gasteiger partial charge on any atom is -0.323 e. The number of carbonyl (C=O) groups is 1. The van der Waals surface area contributed by atoms with Gasteiger partial charge in [0.2, 0.25) is 10.0 Å². The Morgan fingerprint density at radius 2 is 1.66 bits per heavy atom. The van der Waals surface area contributed by atoms with Gasteiger partial charge < -0.3 is 4.57 Å². The van der Waals surface area contributed by atoms with Crippen molar-refractivity contribution >= 4 is 27.0 Å². The highest BCUT2D eigenvalue weighted by Crippen LogP contribution is 2.23. The highest BCUT2D eigenvalue weighted by molar-refractivity contribution is 7.90. The first kappa shape index (κ1) is 24.7. The van der Waals surface area contributed by atoms with Gasteiger partial charge >= 0.3 is 0 Å². The average molecular weight is 490 g/mol. The normalized spacial score (nSPS) is 12.5. The molecule has 1 unspecified atom stereocenters. The van der Waals surface area contributed by atoms with E-state index in [1.165, 1.54) is 5.56 Å². The summed E-state index contributed by atoms with van der Waals surface area (Å²) in [6.45, 7) is 6.19. The van der Waals surface area contributed by atoms with Gasteiger partial charge in [0.25, 0.3) is 5.91 Å². The molecule has 6 nitrogen and oxygen atoms in total. The van der Waals surface area contributed by atoms with Crippen molar-refractivity contribution < 1.29 is 13.2 Å². The molecule has 182 valence electrons. The standard InChI is InChI=1S/C28H31N3O3S/c1-4-9-20(3)35(33,34)30-28(32)24-16-17-25-26(18-24)31(27(5-2)29-25)19-21-12-14-23(15-13-21)22-10-7-6-8-11-22/h6-8,10-18,20H,4-5,9,19H2,1-3H3,(H,30,32). The fourth-order valence-corrected chi connectivity index (χ4v) is 5.35. The number of aromatic nitrogens is 2. The number of hydrogen-bond donors (Lipinski definition) is 1. The molecule has 1 N–H and O–H groups in total. The first-order valence-corrected chi connectivity index (χ1v) is 13.6. The second kappa shape index (κ2) is 10.4. The molecule has 4 rings (SSSR count). The van der Waals surface area contributed by atoms with Gasteiger partial charge in [-0.05, 0) is 48.2 Å². The number of rotatable bonds is 9. The minimum atomic E-state index is -3.73. The van der Waals surface area contributed by atoms with Crippen molar-refractivity contribution in [2.75, 3.05) is 0 Å². The molecule has 3 aromatic carbocycles. The van der Waals surface area contributed by atoms with E-state index < -0.39 is 21.2 Å². The Kier molecular flexibility index (Phi) is 7.36. The molecule has 1 atom stereocenters. The summed E-state index contributed by atoms with van der Waals surface area (Å²) in [5.41, 5.74) is 5.32. The molecular weight excluding hydrogens is 458 g/mol. The molecule has 7 heteroatoms. The van der Waals surface area contributed by atoms with Crippen molar-refractivity contribution in [2.24, 2.45) is 0 Å². The van der Waals surface area contributed by atoms with Gasteiger partial charge in [0, 0.05) is 18.5 Å². The Morgan fingerprint density at radius 1 is 0.971 bits per heavy atom. The van der Waals surface area contributed by atoms with Crippen LogP contribution in [0.5, 0.6) is 0 Å². The molecule has 0 bridgehead atoms. The zero-order valence-electron chi connectivity index (χ0n) is 20.4. The van der Waals surface area contributed by atoms with E-state index in [0.717, 1.165) is 40.8 Å². The van der Waals surface area contributed by atoms with Crippen LogP contribution < -0.4 is 4.72 Å². The van der Waals surface area contributed by atoms with Gasteiger partial charge in [0.05, 0.1) is 16.3 Å². The van der Waals surface area contributed by atoms with Gasteiger partial charge in [-0.25, -0.2) is 18.1 Å². The van der Waals surface area contributed by atoms with Gasteiger partial charge in [-0.2, -0.15) is 0 Å². The first-order valence-electron chi connectivity index (χ1n) is 12.0. The molecule has 1 amide bonds. The fraction of sp³-hybridized carbons (Fsp3) is 0.286. The Morgan fingerprint density at radius 3 is 2.31 bits per heavy atom. The number of amides is 1. The van der Waals surface area contributed by atoms with Crippen LogP contribution in [0.2, 0.25) is 0 Å². The summed E-state index contributed by atoms with van der Waals surface area (Å²) < 4.78 is 29.3. The molecule has 0 aliphatic heterocycles. The zero-order valence-corrected chi connectivity index (χ0v) is 21.2. The molecule has 1 heterocycles. The van der Waals surface area contributed by atoms with E-state index in [4.69, 9.17) is 4.98 Å². The van der Waals surface area contributed by atoms with Gasteiger partial charge in [0.15, 0.2) is 0 Å². The van der Waals surface area contributed by atoms with E-state index in [1.807, 2.05) is 32.0 Å². The van der Waals surface area contributed by atoms with Crippen molar-refractivity contribution in [1.29, 1.82) is 0 Å². The Bertz CT molecular complexity index is 1430. The molecule has 4 aromatic rings. The van der Waals surface area contributed by atoms with Crippen molar-refractivity contribution in [3.05, 3.63) is 89.7 Å². The number of nitrogens with zero attached hydrogens (tertiary/aromatic N) is 2. The fourth-order valence-electron chi connectivity index (χ4n) is 4.23. The van der Waals surface area contributed by atoms with Crippen LogP contribution in [-0.2, 0) is 23.0 Å². The van der Waals surface area contributed by atoms with E-state index in [0.29, 0.717) is 18.5 Å². The van der Waals surface area contributed by atoms with Crippen LogP contribution in [0.25, 0.3) is 22.2 Å². The number of fused-ring (bicyclic) bond motifs is 1. The van der Waals surface area contributed by atoms with Crippen LogP contribution >= 0.6 is 0 Å². The summed E-state index contributed by atoms with van der Waals surface area (Å²) in [6.07, 6.45) is 1.96. The summed E-state index contributed by atoms with van der Waals surface area (Å²) >= 11 is 0. The van der Waals surface area contributed by atoms with Crippen molar-refractivity contribution in [3.63, 3.8) is 0 Å². The molecule has 1 aromatic heterocycles. The molecule has 0 fully saturated rings. The SMILES string of the molecule is CCCC(C)S(=O)(=O)NC(=O)c1ccc2nc(CC)n(Cc3ccc(-c4ccccc4)cc3)c2c1. The van der Waals surface area contributed by atoms with Gasteiger partial charge in [-0.3, -0.25) is 4.79 Å². The lowest BCUT2D eigenvalue weighted by Gasteiger charge is -2.13. The number of nitrogens with one attached hydrogen (secondary N) is 1. The number of carbonyl (C=O) groups excluding carboxylic acids is 1. The van der Waals surface area contributed by atoms with E-state index >= 15 is 0 Å². The van der Waals surface area contributed by atoms with Crippen LogP contribution in [0.1, 0.15) is 55.4 Å². The molecular formula is C28H31N3O3S. The summed E-state index contributed by atoms with van der Waals surface area (Å²) in [7, 11) is -3.73. The largest absolute Gasteiger partial charge is 0.323 e. The number of sulfonamides is 1. The maximum absolute atomic E-state index is 12.8. The summed E-state index contributed by atoms with van der Waals surface area (Å²) in [4.78, 5) is 17.5. The highest BCUT2D eigenvalue weighted by Gasteiger charge is 2.23. The number of aryl methyl sites for hydroxylation is 1. The topological polar surface area (TPSA) is 81.1 Å². The Labute approximate surface area is 207 Å². The maximum atomic E-state index is 12.8. The van der Waals surface area contributed by atoms with Crippen LogP contribution in [0.3, 0.4) is 0 Å². The summed E-state index contributed by atoms with van der Waals surface area (Å²) in [5, 5.41) is -0.628. The third-order valence-corrected chi connectivity index (χ3v) is 8.03. The van der Waals surface area contributed by atoms with Gasteiger partial charge in [-0.1, -0.05) is 74.9 Å². The highest BCUT2D eigenvalue weighted by atomic mass is 32.2. The molecule has 0 aliphatic carbocycles. The molecule has 0 saturated carbocycles. The molecule has 35 heavy (non-hydrogen) atoms. The third-order valence-electron chi connectivity index (χ3n) is 6.27. The van der Waals surface area contributed by atoms with Crippen LogP contribution in [0.15, 0.2) is 72.8 Å². The second-order valence-corrected chi connectivity index (χ2v) is 10.9. The predicted molar refractivity (Wildman–Crippen MR) is 141 cm³/mol. The first-order chi connectivity index (χ1) is 16.8. The lowest BCUT2D eigenvalue weighted by Crippen LogP contribution is -2.37. The average Bonchev–Trinajstić information content (AvgIpc) is 3.21. The Hall–Kier alpha value is -3.45. The van der Waals surface area contributed by atoms with Gasteiger partial charge in [-0.15, -0.1) is 0 Å². The quantitative estimate of drug-likeness (QED) is 0.334. The van der Waals surface area contributed by atoms with Crippen LogP contribution in [0, 0.1) is 0 Å². The van der Waals surface area contributed by atoms with Crippen molar-refractivity contribution in [2.45, 2.75) is 51.8 Å². The third kappa shape index (κ3) is 5.46. The van der Waals surface area contributed by atoms with E-state index in [-0.39, 0.29) is 0 Å². The number of imidazole rings is 1. The van der Waals surface area contributed by atoms with E-state index in [9.17, 15) is 13.2 Å². The van der Waals surface area contributed by atoms with Crippen LogP contribution in [-0.4, -0.2) is 29.1 Å². The van der Waals surface area contributed by atoms with Crippen LogP contribution in [0.4, 0.5) is 0 Å². The predicted octanol–water partition coefficient (Wildman–Crippen LogP) is 5.56. The molecule has 0 aliphatic rings. The van der Waals surface area contributed by atoms with Crippen molar-refractivity contribution in [1.82, 2.24) is 14.3 Å². The number of hydrogen-bond acceptors (Lipinski definition) is 4. The van der Waals surface area contributed by atoms with Crippen molar-refractivity contribution in [3.8, 4) is 11.1 Å². The van der Waals surface area contributed by atoms with E-state index in [2.05, 4.69) is 45.7 Å². The summed E-state index contributed by atoms with van der Waals surface area (Å²) in [6, 6.07) is 23.8. The molecule has 0 spiro atoms.